The highest BCUT2D eigenvalue weighted by atomic mass is 32.2. The molecule has 0 amide bonds. The largest absolute Gasteiger partial charge is 0.481 e. The van der Waals surface area contributed by atoms with Crippen molar-refractivity contribution in [1.29, 1.82) is 0 Å². The van der Waals surface area contributed by atoms with Gasteiger partial charge < -0.3 is 9.47 Å². The summed E-state index contributed by atoms with van der Waals surface area (Å²) in [6.45, 7) is 8.33. The van der Waals surface area contributed by atoms with E-state index in [9.17, 15) is 4.79 Å². The van der Waals surface area contributed by atoms with Gasteiger partial charge in [0, 0.05) is 42.0 Å². The van der Waals surface area contributed by atoms with Crippen molar-refractivity contribution in [3.8, 4) is 22.5 Å². The number of carbonyl (C=O) groups is 1. The number of carbonyl (C=O) groups excluding carboxylic acids is 1. The number of aryl methyl sites for hydroxylation is 4. The van der Waals surface area contributed by atoms with Crippen molar-refractivity contribution in [1.82, 2.24) is 0 Å². The molecule has 0 spiro atoms. The van der Waals surface area contributed by atoms with E-state index in [4.69, 9.17) is 9.47 Å². The summed E-state index contributed by atoms with van der Waals surface area (Å²) in [4.78, 5) is 16.8. The molecule has 3 nitrogen and oxygen atoms in total. The molecule has 3 aromatic rings. The molecule has 170 valence electrons. The zero-order valence-electron chi connectivity index (χ0n) is 19.9. The van der Waals surface area contributed by atoms with Crippen LogP contribution in [0, 0.1) is 39.5 Å². The molecule has 33 heavy (non-hydrogen) atoms. The normalized spacial score (nSPS) is 14.4. The Morgan fingerprint density at radius 1 is 0.939 bits per heavy atom. The molecule has 1 aromatic heterocycles. The Bertz CT molecular complexity index is 1160. The van der Waals surface area contributed by atoms with Crippen LogP contribution < -0.4 is 4.74 Å². The van der Waals surface area contributed by atoms with Crippen molar-refractivity contribution in [2.24, 2.45) is 0 Å². The molecule has 2 aromatic carbocycles. The summed E-state index contributed by atoms with van der Waals surface area (Å²) in [5, 5.41) is 0. The van der Waals surface area contributed by atoms with Gasteiger partial charge in [0.05, 0.1) is 0 Å². The number of thiophene rings is 1. The molecule has 0 atom stereocenters. The number of hydrogen-bond acceptors (Lipinski definition) is 3. The molecular weight excluding hydrogens is 428 g/mol. The van der Waals surface area contributed by atoms with E-state index >= 15 is 0 Å². The molecule has 0 aliphatic heterocycles. The van der Waals surface area contributed by atoms with Crippen molar-refractivity contribution in [2.45, 2.75) is 59.0 Å². The van der Waals surface area contributed by atoms with Gasteiger partial charge in [-0.1, -0.05) is 24.1 Å². The Balaban J connectivity index is 1.45. The minimum Gasteiger partial charge on any atom is -0.481 e. The maximum atomic E-state index is 12.7. The topological polar surface area (TPSA) is 35.5 Å². The second-order valence-corrected chi connectivity index (χ2v) is 11.2. The number of esters is 1. The van der Waals surface area contributed by atoms with Gasteiger partial charge in [-0.05, 0) is 80.8 Å². The van der Waals surface area contributed by atoms with Crippen molar-refractivity contribution >= 4 is 16.4 Å². The molecule has 1 heterocycles. The quantitative estimate of drug-likeness (QED) is 0.235. The van der Waals surface area contributed by atoms with E-state index in [-0.39, 0.29) is 23.0 Å². The zero-order chi connectivity index (χ0) is 23.4. The van der Waals surface area contributed by atoms with Crippen LogP contribution in [0.1, 0.15) is 52.1 Å². The lowest BCUT2D eigenvalue weighted by atomic mass is 10.0. The first-order valence-corrected chi connectivity index (χ1v) is 12.7. The molecule has 0 unspecified atom stereocenters. The number of ether oxygens (including phenoxy) is 2. The van der Waals surface area contributed by atoms with E-state index in [1.165, 1.54) is 14.6 Å². The van der Waals surface area contributed by atoms with Gasteiger partial charge in [0.2, 0.25) is 0 Å². The van der Waals surface area contributed by atoms with E-state index in [0.717, 1.165) is 48.1 Å². The fourth-order valence-corrected chi connectivity index (χ4v) is 6.79. The second kappa shape index (κ2) is 9.85. The van der Waals surface area contributed by atoms with Gasteiger partial charge in [-0.15, -0.1) is 0 Å². The summed E-state index contributed by atoms with van der Waals surface area (Å²) >= 11 is 0. The first-order chi connectivity index (χ1) is 15.9. The van der Waals surface area contributed by atoms with Crippen LogP contribution in [-0.2, 0) is 9.53 Å². The molecule has 0 radical (unpaired) electrons. The lowest BCUT2D eigenvalue weighted by molar-refractivity contribution is -0.156. The third-order valence-corrected chi connectivity index (χ3v) is 8.40. The van der Waals surface area contributed by atoms with Gasteiger partial charge in [0.15, 0.2) is 26.9 Å². The molecule has 1 saturated carbocycles. The van der Waals surface area contributed by atoms with E-state index in [2.05, 4.69) is 50.0 Å². The van der Waals surface area contributed by atoms with Crippen LogP contribution in [-0.4, -0.2) is 18.2 Å². The van der Waals surface area contributed by atoms with Gasteiger partial charge in [-0.3, -0.25) is 0 Å². The third-order valence-electron chi connectivity index (χ3n) is 6.13. The summed E-state index contributed by atoms with van der Waals surface area (Å²) in [5.41, 5.74) is 2.30. The van der Waals surface area contributed by atoms with Gasteiger partial charge >= 0.3 is 5.97 Å². The Morgan fingerprint density at radius 2 is 1.55 bits per heavy atom. The van der Waals surface area contributed by atoms with Crippen molar-refractivity contribution in [3.63, 3.8) is 0 Å². The van der Waals surface area contributed by atoms with E-state index in [0.29, 0.717) is 0 Å². The average Bonchev–Trinajstić information content (AvgIpc) is 3.38. The van der Waals surface area contributed by atoms with Gasteiger partial charge in [0.25, 0.3) is 0 Å². The Morgan fingerprint density at radius 3 is 2.15 bits per heavy atom. The molecule has 4 rings (SSSR count). The van der Waals surface area contributed by atoms with E-state index in [1.54, 1.807) is 0 Å². The molecule has 0 saturated heterocycles. The Hall–Kier alpha value is -3.03. The van der Waals surface area contributed by atoms with Crippen LogP contribution in [0.5, 0.6) is 5.75 Å². The number of hydrogen-bond donors (Lipinski definition) is 0. The standard InChI is InChI=1S/C29H31O3S/c1-21-18-26(33-23(3)12-13-24(33)4)19-22(2)28(21)31-20-27(30)32-29(15-8-9-16-29)17-14-25-10-6-5-7-11-25/h5-7,10-13,18-19H,8-9,15-16,20H2,1-4H3/q+1. The smallest absolute Gasteiger partial charge is 0.345 e. The second-order valence-electron chi connectivity index (χ2n) is 8.83. The zero-order valence-corrected chi connectivity index (χ0v) is 20.7. The molecule has 1 fully saturated rings. The van der Waals surface area contributed by atoms with E-state index < -0.39 is 5.60 Å². The fraction of sp³-hybridized carbons (Fsp3) is 0.345. The summed E-state index contributed by atoms with van der Waals surface area (Å²) in [6.07, 6.45) is 3.57. The average molecular weight is 460 g/mol. The van der Waals surface area contributed by atoms with Gasteiger partial charge in [-0.25, -0.2) is 4.79 Å². The van der Waals surface area contributed by atoms with Crippen molar-refractivity contribution in [2.75, 3.05) is 6.61 Å². The Labute approximate surface area is 199 Å². The van der Waals surface area contributed by atoms with E-state index in [1.807, 2.05) is 44.2 Å². The fourth-order valence-electron chi connectivity index (χ4n) is 4.54. The van der Waals surface area contributed by atoms with Crippen LogP contribution >= 0.6 is 10.5 Å². The molecule has 0 bridgehead atoms. The predicted molar refractivity (Wildman–Crippen MR) is 135 cm³/mol. The maximum absolute atomic E-state index is 12.7. The first kappa shape index (κ1) is 23.1. The highest BCUT2D eigenvalue weighted by Crippen LogP contribution is 2.41. The SMILES string of the molecule is Cc1cc(-[s+]2c(C)ccc2C)cc(C)c1OCC(=O)OC1(C#Cc2ccccc2)CCCC1. The molecule has 0 N–H and O–H groups in total. The minimum atomic E-state index is -0.707. The van der Waals surface area contributed by atoms with Crippen LogP contribution in [0.4, 0.5) is 0 Å². The monoisotopic (exact) mass is 459 g/mol. The highest BCUT2D eigenvalue weighted by molar-refractivity contribution is 7.39. The van der Waals surface area contributed by atoms with Crippen LogP contribution in [0.3, 0.4) is 0 Å². The van der Waals surface area contributed by atoms with Gasteiger partial charge in [0.1, 0.15) is 5.75 Å². The predicted octanol–water partition coefficient (Wildman–Crippen LogP) is 6.95. The number of rotatable bonds is 5. The molecule has 1 aliphatic carbocycles. The summed E-state index contributed by atoms with van der Waals surface area (Å²) < 4.78 is 11.9. The molecule has 4 heteroatoms. The third kappa shape index (κ3) is 5.31. The Kier molecular flexibility index (Phi) is 6.91. The first-order valence-electron chi connectivity index (χ1n) is 11.5. The maximum Gasteiger partial charge on any atom is 0.345 e. The molecule has 1 aliphatic rings. The van der Waals surface area contributed by atoms with Crippen molar-refractivity contribution < 1.29 is 14.3 Å². The lowest BCUT2D eigenvalue weighted by Crippen LogP contribution is -2.32. The van der Waals surface area contributed by atoms with Crippen LogP contribution in [0.15, 0.2) is 54.6 Å². The van der Waals surface area contributed by atoms with Crippen LogP contribution in [0.25, 0.3) is 4.90 Å². The molecular formula is C29H31O3S+. The van der Waals surface area contributed by atoms with Crippen LogP contribution in [0.2, 0.25) is 0 Å². The summed E-state index contributed by atoms with van der Waals surface area (Å²) in [6, 6.07) is 18.6. The van der Waals surface area contributed by atoms with Gasteiger partial charge in [-0.2, -0.15) is 0 Å². The summed E-state index contributed by atoms with van der Waals surface area (Å²) in [7, 11) is 0.0108. The highest BCUT2D eigenvalue weighted by Gasteiger charge is 2.36. The lowest BCUT2D eigenvalue weighted by Gasteiger charge is -2.23. The minimum absolute atomic E-state index is 0.0108. The summed E-state index contributed by atoms with van der Waals surface area (Å²) in [5.74, 6) is 6.84. The van der Waals surface area contributed by atoms with Crippen molar-refractivity contribution in [3.05, 3.63) is 81.0 Å². The number of benzene rings is 2.